The van der Waals surface area contributed by atoms with Gasteiger partial charge >= 0.3 is 0 Å². The molecule has 0 spiro atoms. The lowest BCUT2D eigenvalue weighted by Crippen LogP contribution is -1.92. The van der Waals surface area contributed by atoms with E-state index >= 15 is 0 Å². The van der Waals surface area contributed by atoms with Gasteiger partial charge in [-0.05, 0) is 44.4 Å². The first kappa shape index (κ1) is 9.57. The zero-order valence-electron chi connectivity index (χ0n) is 8.13. The van der Waals surface area contributed by atoms with E-state index in [2.05, 4.69) is 31.2 Å². The second kappa shape index (κ2) is 6.05. The summed E-state index contributed by atoms with van der Waals surface area (Å²) in [4.78, 5) is 0. The number of allylic oxidation sites excluding steroid dienone is 4. The highest BCUT2D eigenvalue weighted by Gasteiger charge is 1.98. The quantitative estimate of drug-likeness (QED) is 0.512. The molecule has 0 saturated heterocycles. The van der Waals surface area contributed by atoms with E-state index in [0.717, 1.165) is 5.92 Å². The van der Waals surface area contributed by atoms with E-state index < -0.39 is 0 Å². The van der Waals surface area contributed by atoms with Crippen molar-refractivity contribution < 1.29 is 0 Å². The molecule has 0 radical (unpaired) electrons. The molecule has 0 amide bonds. The molecule has 0 heteroatoms. The molecule has 0 fully saturated rings. The summed E-state index contributed by atoms with van der Waals surface area (Å²) in [6.07, 6.45) is 17.3. The maximum atomic E-state index is 2.40. The fourth-order valence-corrected chi connectivity index (χ4v) is 1.58. The van der Waals surface area contributed by atoms with Gasteiger partial charge in [0.2, 0.25) is 0 Å². The van der Waals surface area contributed by atoms with Gasteiger partial charge in [0.05, 0.1) is 0 Å². The molecule has 0 saturated carbocycles. The molecule has 1 aliphatic rings. The Morgan fingerprint density at radius 2 is 1.83 bits per heavy atom. The molecule has 0 aromatic rings. The van der Waals surface area contributed by atoms with Crippen molar-refractivity contribution in [2.75, 3.05) is 0 Å². The van der Waals surface area contributed by atoms with Gasteiger partial charge in [-0.15, -0.1) is 0 Å². The molecule has 0 N–H and O–H groups in total. The normalized spacial score (nSPS) is 25.6. The van der Waals surface area contributed by atoms with Crippen LogP contribution in [0.15, 0.2) is 24.3 Å². The smallest absolute Gasteiger partial charge is 0.0202 e. The predicted octanol–water partition coefficient (Wildman–Crippen LogP) is 4.09. The summed E-state index contributed by atoms with van der Waals surface area (Å²) in [7, 11) is 0. The van der Waals surface area contributed by atoms with Crippen LogP contribution < -0.4 is 0 Å². The van der Waals surface area contributed by atoms with Crippen molar-refractivity contribution in [2.45, 2.75) is 45.4 Å². The number of rotatable bonds is 1. The van der Waals surface area contributed by atoms with Crippen LogP contribution in [0, 0.1) is 5.92 Å². The summed E-state index contributed by atoms with van der Waals surface area (Å²) >= 11 is 0. The van der Waals surface area contributed by atoms with Crippen LogP contribution in [0.3, 0.4) is 0 Å². The number of hydrogen-bond donors (Lipinski definition) is 0. The zero-order chi connectivity index (χ0) is 8.65. The Balaban J connectivity index is 2.40. The molecule has 0 aliphatic heterocycles. The summed E-state index contributed by atoms with van der Waals surface area (Å²) in [6, 6.07) is 0. The summed E-state index contributed by atoms with van der Waals surface area (Å²) in [6.45, 7) is 2.27. The fraction of sp³-hybridized carbons (Fsp3) is 0.667. The largest absolute Gasteiger partial charge is 0.0885 e. The molecule has 1 unspecified atom stereocenters. The van der Waals surface area contributed by atoms with Gasteiger partial charge in [0.25, 0.3) is 0 Å². The van der Waals surface area contributed by atoms with E-state index in [9.17, 15) is 0 Å². The highest BCUT2D eigenvalue weighted by Crippen LogP contribution is 2.14. The highest BCUT2D eigenvalue weighted by atomic mass is 14.0. The maximum absolute atomic E-state index is 2.40. The van der Waals surface area contributed by atoms with Gasteiger partial charge in [0, 0.05) is 0 Å². The second-order valence-electron chi connectivity index (χ2n) is 3.59. The van der Waals surface area contributed by atoms with Gasteiger partial charge in [-0.3, -0.25) is 0 Å². The van der Waals surface area contributed by atoms with Crippen molar-refractivity contribution in [2.24, 2.45) is 5.92 Å². The number of hydrogen-bond acceptors (Lipinski definition) is 0. The van der Waals surface area contributed by atoms with Crippen LogP contribution >= 0.6 is 0 Å². The first-order valence-electron chi connectivity index (χ1n) is 5.25. The van der Waals surface area contributed by atoms with Crippen LogP contribution in [0.25, 0.3) is 0 Å². The van der Waals surface area contributed by atoms with E-state index in [0.29, 0.717) is 0 Å². The zero-order valence-corrected chi connectivity index (χ0v) is 8.13. The van der Waals surface area contributed by atoms with Gasteiger partial charge in [-0.25, -0.2) is 0 Å². The Hall–Kier alpha value is -0.520. The first-order valence-corrected chi connectivity index (χ1v) is 5.25. The van der Waals surface area contributed by atoms with Crippen molar-refractivity contribution in [3.05, 3.63) is 24.3 Å². The molecule has 0 heterocycles. The van der Waals surface area contributed by atoms with E-state index in [4.69, 9.17) is 0 Å². The molecule has 1 atom stereocenters. The summed E-state index contributed by atoms with van der Waals surface area (Å²) < 4.78 is 0. The van der Waals surface area contributed by atoms with Crippen LogP contribution in [-0.4, -0.2) is 0 Å². The van der Waals surface area contributed by atoms with Crippen LogP contribution in [0.2, 0.25) is 0 Å². The lowest BCUT2D eigenvalue weighted by molar-refractivity contribution is 0.627. The predicted molar refractivity (Wildman–Crippen MR) is 55.1 cm³/mol. The van der Waals surface area contributed by atoms with Crippen LogP contribution in [0.5, 0.6) is 0 Å². The van der Waals surface area contributed by atoms with Crippen molar-refractivity contribution in [3.8, 4) is 0 Å². The van der Waals surface area contributed by atoms with Crippen molar-refractivity contribution in [3.63, 3.8) is 0 Å². The van der Waals surface area contributed by atoms with Gasteiger partial charge in [-0.2, -0.15) is 0 Å². The van der Waals surface area contributed by atoms with Gasteiger partial charge in [-0.1, -0.05) is 31.2 Å². The first-order chi connectivity index (χ1) is 5.93. The molecule has 1 aliphatic carbocycles. The van der Waals surface area contributed by atoms with Crippen LogP contribution in [0.1, 0.15) is 45.4 Å². The van der Waals surface area contributed by atoms with E-state index in [1.807, 2.05) is 0 Å². The summed E-state index contributed by atoms with van der Waals surface area (Å²) in [5, 5.41) is 0. The molecule has 0 aromatic carbocycles. The Bertz CT molecular complexity index is 153. The van der Waals surface area contributed by atoms with Crippen LogP contribution in [0.4, 0.5) is 0 Å². The van der Waals surface area contributed by atoms with Crippen molar-refractivity contribution >= 4 is 0 Å². The van der Waals surface area contributed by atoms with E-state index in [-0.39, 0.29) is 0 Å². The molecule has 0 nitrogen and oxygen atoms in total. The lowest BCUT2D eigenvalue weighted by atomic mass is 9.99. The lowest BCUT2D eigenvalue weighted by Gasteiger charge is -2.07. The Morgan fingerprint density at radius 3 is 2.58 bits per heavy atom. The molecule has 1 rings (SSSR count). The molecule has 12 heavy (non-hydrogen) atoms. The molecule has 0 bridgehead atoms. The third-order valence-electron chi connectivity index (χ3n) is 2.53. The second-order valence-corrected chi connectivity index (χ2v) is 3.59. The molecular formula is C12H20. The Kier molecular flexibility index (Phi) is 4.82. The maximum Gasteiger partial charge on any atom is -0.0202 e. The average Bonchev–Trinajstić information content (AvgIpc) is 2.14. The minimum Gasteiger partial charge on any atom is -0.0885 e. The van der Waals surface area contributed by atoms with E-state index in [1.165, 1.54) is 38.5 Å². The SMILES string of the molecule is CCC1C=CCCCCC=CC1. The van der Waals surface area contributed by atoms with Crippen molar-refractivity contribution in [1.82, 2.24) is 0 Å². The third kappa shape index (κ3) is 3.75. The van der Waals surface area contributed by atoms with Gasteiger partial charge in [0.15, 0.2) is 0 Å². The minimum atomic E-state index is 0.791. The minimum absolute atomic E-state index is 0.791. The van der Waals surface area contributed by atoms with E-state index in [1.54, 1.807) is 0 Å². The summed E-state index contributed by atoms with van der Waals surface area (Å²) in [5.74, 6) is 0.791. The fourth-order valence-electron chi connectivity index (χ4n) is 1.58. The van der Waals surface area contributed by atoms with Crippen LogP contribution in [-0.2, 0) is 0 Å². The Morgan fingerprint density at radius 1 is 1.08 bits per heavy atom. The topological polar surface area (TPSA) is 0 Å². The van der Waals surface area contributed by atoms with Crippen molar-refractivity contribution in [1.29, 1.82) is 0 Å². The Labute approximate surface area is 76.4 Å². The molecule has 0 aromatic heterocycles. The standard InChI is InChI=1S/C12H20/c1-2-12-10-8-6-4-3-5-7-9-11-12/h6,8-9,11-12H,2-5,7,10H2,1H3. The summed E-state index contributed by atoms with van der Waals surface area (Å²) in [5.41, 5.74) is 0. The molecule has 68 valence electrons. The van der Waals surface area contributed by atoms with Gasteiger partial charge < -0.3 is 0 Å². The average molecular weight is 164 g/mol. The third-order valence-corrected chi connectivity index (χ3v) is 2.53. The highest BCUT2D eigenvalue weighted by molar-refractivity contribution is 4.94. The monoisotopic (exact) mass is 164 g/mol. The molecular weight excluding hydrogens is 144 g/mol. The van der Waals surface area contributed by atoms with Gasteiger partial charge in [0.1, 0.15) is 0 Å².